The molecule has 0 unspecified atom stereocenters. The number of hydrogen-bond acceptors (Lipinski definition) is 14. The molecule has 0 fully saturated rings. The summed E-state index contributed by atoms with van der Waals surface area (Å²) in [5.74, 6) is -12.3. The number of aliphatic carboxylic acids is 4. The fourth-order valence-electron chi connectivity index (χ4n) is 6.31. The second-order valence-electron chi connectivity index (χ2n) is 15.4. The first-order valence-corrected chi connectivity index (χ1v) is 24.1. The molecule has 0 spiro atoms. The topological polar surface area (TPSA) is 358 Å². The molecule has 0 saturated heterocycles. The van der Waals surface area contributed by atoms with E-state index in [2.05, 4.69) is 31.9 Å². The van der Waals surface area contributed by atoms with Gasteiger partial charge in [0.15, 0.2) is 11.6 Å². The number of carboxylic acid groups (broad SMARTS) is 4. The van der Waals surface area contributed by atoms with Gasteiger partial charge in [0.05, 0.1) is 0 Å². The maximum atomic E-state index is 13.1. The molecule has 0 aliphatic rings. The van der Waals surface area contributed by atoms with Gasteiger partial charge < -0.3 is 52.3 Å². The Morgan fingerprint density at radius 1 is 0.389 bits per heavy atom. The molecule has 0 bridgehead atoms. The van der Waals surface area contributed by atoms with Crippen LogP contribution in [0.1, 0.15) is 78.2 Å². The first-order chi connectivity index (χ1) is 34.3. The Morgan fingerprint density at radius 3 is 1.00 bits per heavy atom. The maximum Gasteiger partial charge on any atom is 0.326 e. The quantitative estimate of drug-likeness (QED) is 0.0209. The number of carbonyl (C=O) groups excluding carboxylic acids is 8. The predicted octanol–water partition coefficient (Wildman–Crippen LogP) is 1.53. The van der Waals surface area contributed by atoms with Gasteiger partial charge in [-0.15, -0.1) is 0 Å². The van der Waals surface area contributed by atoms with Crippen LogP contribution in [0, 0.1) is 0 Å². The van der Waals surface area contributed by atoms with E-state index >= 15 is 0 Å². The minimum Gasteiger partial charge on any atom is -0.480 e. The number of hydrogen-bond donors (Lipinski definition) is 10. The van der Waals surface area contributed by atoms with Gasteiger partial charge in [-0.25, -0.2) is 9.59 Å². The lowest BCUT2D eigenvalue weighted by atomic mass is 10.0. The number of benzene rings is 4. The molecule has 4 aromatic rings. The Kier molecular flexibility index (Phi) is 22.1. The summed E-state index contributed by atoms with van der Waals surface area (Å²) in [4.78, 5) is 150. The van der Waals surface area contributed by atoms with E-state index in [0.29, 0.717) is 11.1 Å². The number of ketones is 2. The van der Waals surface area contributed by atoms with E-state index in [9.17, 15) is 67.7 Å². The molecule has 10 N–H and O–H groups in total. The van der Waals surface area contributed by atoms with Crippen LogP contribution in [0.15, 0.2) is 109 Å². The van der Waals surface area contributed by atoms with Crippen LogP contribution in [-0.4, -0.2) is 140 Å². The molecular weight excluding hydrogens is 981 g/mol. The van der Waals surface area contributed by atoms with Crippen LogP contribution in [-0.2, 0) is 38.4 Å². The molecule has 22 nitrogen and oxygen atoms in total. The lowest BCUT2D eigenvalue weighted by Crippen LogP contribution is -2.50. The Balaban J connectivity index is 1.32. The minimum absolute atomic E-state index is 0.0213. The van der Waals surface area contributed by atoms with E-state index in [1.165, 1.54) is 48.5 Å². The fraction of sp³-hybridized carbons (Fsp3) is 0.250. The van der Waals surface area contributed by atoms with Crippen molar-refractivity contribution in [2.24, 2.45) is 0 Å². The normalized spacial score (nSPS) is 12.3. The van der Waals surface area contributed by atoms with Gasteiger partial charge in [-0.2, -0.15) is 0 Å². The Morgan fingerprint density at radius 2 is 0.694 bits per heavy atom. The molecule has 4 atom stereocenters. The second kappa shape index (κ2) is 28.3. The summed E-state index contributed by atoms with van der Waals surface area (Å²) < 4.78 is 0. The average molecular weight is 1030 g/mol. The standard InChI is InChI=1S/C48H48N6O16S2/c55-37(21-19-33(47(67)68)53-43(63)31-15-11-29(12-16-31)41(61)27-7-3-1-4-8-27)51-35(45(65)49-23-39(57)58)25-71-72-26-36(46(66)50-24-40(59)60)52-38(56)22-20-34(48(69)70)54-44(64)32-17-13-30(14-18-32)42(62)28-9-5-2-6-10-28/h1-18,33-36H,19-26H2,(H,49,65)(H,50,66)(H,51,55)(H,52,56)(H,53,63)(H,54,64)(H,57,58)(H,59,60)(H,67,68)(H,69,70)/t33-,34-,35-,36-/m0/s1. The van der Waals surface area contributed by atoms with Crippen molar-refractivity contribution in [3.05, 3.63) is 143 Å². The van der Waals surface area contributed by atoms with Crippen molar-refractivity contribution >= 4 is 92.5 Å². The molecule has 72 heavy (non-hydrogen) atoms. The third kappa shape index (κ3) is 18.5. The molecule has 0 saturated carbocycles. The average Bonchev–Trinajstić information content (AvgIpc) is 3.37. The van der Waals surface area contributed by atoms with E-state index in [-0.39, 0.29) is 45.3 Å². The van der Waals surface area contributed by atoms with Gasteiger partial charge in [0.25, 0.3) is 11.8 Å². The number of nitrogens with one attached hydrogen (secondary N) is 6. The summed E-state index contributed by atoms with van der Waals surface area (Å²) in [6.45, 7) is -1.68. The summed E-state index contributed by atoms with van der Waals surface area (Å²) in [6, 6.07) is 21.6. The van der Waals surface area contributed by atoms with Crippen LogP contribution in [0.2, 0.25) is 0 Å². The molecule has 4 aromatic carbocycles. The molecule has 378 valence electrons. The molecule has 0 aliphatic heterocycles. The lowest BCUT2D eigenvalue weighted by molar-refractivity contribution is -0.140. The van der Waals surface area contributed by atoms with Crippen LogP contribution < -0.4 is 31.9 Å². The second-order valence-corrected chi connectivity index (χ2v) is 17.9. The van der Waals surface area contributed by atoms with Gasteiger partial charge in [0.2, 0.25) is 23.6 Å². The number of amides is 6. The van der Waals surface area contributed by atoms with Crippen molar-refractivity contribution in [1.82, 2.24) is 31.9 Å². The van der Waals surface area contributed by atoms with Crippen molar-refractivity contribution in [3.63, 3.8) is 0 Å². The fourth-order valence-corrected chi connectivity index (χ4v) is 8.64. The monoisotopic (exact) mass is 1030 g/mol. The highest BCUT2D eigenvalue weighted by Gasteiger charge is 2.28. The highest BCUT2D eigenvalue weighted by Crippen LogP contribution is 2.24. The van der Waals surface area contributed by atoms with Crippen molar-refractivity contribution < 1.29 is 78.0 Å². The van der Waals surface area contributed by atoms with Crippen molar-refractivity contribution in [2.45, 2.75) is 49.9 Å². The Labute approximate surface area is 417 Å². The third-order valence-electron chi connectivity index (χ3n) is 10.1. The van der Waals surface area contributed by atoms with E-state index in [1.807, 2.05) is 0 Å². The molecule has 0 heterocycles. The van der Waals surface area contributed by atoms with Crippen LogP contribution >= 0.6 is 21.6 Å². The predicted molar refractivity (Wildman–Crippen MR) is 259 cm³/mol. The maximum absolute atomic E-state index is 13.1. The SMILES string of the molecule is O=C(O)CNC(=O)[C@H](CSSC[C@H](NC(=O)CC[C@H](NC(=O)c1ccc(C(=O)c2ccccc2)cc1)C(=O)O)C(=O)NCC(=O)O)NC(=O)CC[C@H](NC(=O)c1ccc(C(=O)c2ccccc2)cc1)C(=O)O. The van der Waals surface area contributed by atoms with Gasteiger partial charge in [0.1, 0.15) is 37.3 Å². The van der Waals surface area contributed by atoms with Gasteiger partial charge in [-0.1, -0.05) is 107 Å². The summed E-state index contributed by atoms with van der Waals surface area (Å²) in [6.07, 6.45) is -2.00. The van der Waals surface area contributed by atoms with Gasteiger partial charge in [-0.3, -0.25) is 47.9 Å². The summed E-state index contributed by atoms with van der Waals surface area (Å²) in [7, 11) is 1.72. The third-order valence-corrected chi connectivity index (χ3v) is 12.5. The highest BCUT2D eigenvalue weighted by molar-refractivity contribution is 8.76. The first kappa shape index (κ1) is 56.2. The van der Waals surface area contributed by atoms with Crippen molar-refractivity contribution in [3.8, 4) is 0 Å². The van der Waals surface area contributed by atoms with Crippen LogP contribution in [0.4, 0.5) is 0 Å². The molecule has 0 aliphatic carbocycles. The molecule has 6 amide bonds. The van der Waals surface area contributed by atoms with Crippen LogP contribution in [0.25, 0.3) is 0 Å². The van der Waals surface area contributed by atoms with Gasteiger partial charge in [0, 0.05) is 57.7 Å². The molecule has 24 heteroatoms. The van der Waals surface area contributed by atoms with E-state index < -0.39 is 122 Å². The lowest BCUT2D eigenvalue weighted by Gasteiger charge is -2.20. The highest BCUT2D eigenvalue weighted by atomic mass is 33.1. The zero-order valence-electron chi connectivity index (χ0n) is 37.9. The Hall–Kier alpha value is -8.38. The van der Waals surface area contributed by atoms with Gasteiger partial charge >= 0.3 is 23.9 Å². The van der Waals surface area contributed by atoms with Crippen LogP contribution in [0.5, 0.6) is 0 Å². The number of carboxylic acids is 4. The van der Waals surface area contributed by atoms with E-state index in [1.54, 1.807) is 60.7 Å². The van der Waals surface area contributed by atoms with Gasteiger partial charge in [-0.05, 0) is 37.1 Å². The number of carbonyl (C=O) groups is 12. The molecule has 0 radical (unpaired) electrons. The molecule has 0 aromatic heterocycles. The van der Waals surface area contributed by atoms with Crippen molar-refractivity contribution in [1.29, 1.82) is 0 Å². The zero-order chi connectivity index (χ0) is 52.7. The smallest absolute Gasteiger partial charge is 0.326 e. The van der Waals surface area contributed by atoms with E-state index in [4.69, 9.17) is 10.2 Å². The zero-order valence-corrected chi connectivity index (χ0v) is 39.5. The molecular formula is C48H48N6O16S2. The van der Waals surface area contributed by atoms with Crippen molar-refractivity contribution in [2.75, 3.05) is 24.6 Å². The number of rotatable bonds is 29. The first-order valence-electron chi connectivity index (χ1n) is 21.6. The summed E-state index contributed by atoms with van der Waals surface area (Å²) in [5, 5.41) is 51.4. The van der Waals surface area contributed by atoms with E-state index in [0.717, 1.165) is 21.6 Å². The largest absolute Gasteiger partial charge is 0.480 e. The summed E-state index contributed by atoms with van der Waals surface area (Å²) in [5.41, 5.74) is 1.43. The molecule has 4 rings (SSSR count). The summed E-state index contributed by atoms with van der Waals surface area (Å²) >= 11 is 0. The van der Waals surface area contributed by atoms with Crippen LogP contribution in [0.3, 0.4) is 0 Å². The Bertz CT molecular complexity index is 2460. The minimum atomic E-state index is -1.59.